The van der Waals surface area contributed by atoms with Crippen LogP contribution in [0.1, 0.15) is 27.7 Å². The van der Waals surface area contributed by atoms with Crippen LogP contribution >= 0.6 is 54.7 Å². The Hall–Kier alpha value is 1.45. The maximum absolute atomic E-state index is 6.50. The summed E-state index contributed by atoms with van der Waals surface area (Å²) in [6.45, 7) is 8.86. The molecule has 0 N–H and O–H groups in total. The highest BCUT2D eigenvalue weighted by molar-refractivity contribution is 14.3. The fourth-order valence-electron chi connectivity index (χ4n) is 1.84. The molecule has 0 heterocycles. The lowest BCUT2D eigenvalue weighted by Gasteiger charge is -2.21. The van der Waals surface area contributed by atoms with E-state index in [1.54, 1.807) is 0 Å². The van der Waals surface area contributed by atoms with Crippen LogP contribution in [0.2, 0.25) is 5.54 Å². The standard InChI is InChI=1S/C9H13ClI2Si/c1-5-6(2)8(4)9(7(5)3)13(10,11)12/h9H,1-4H3. The molecule has 0 unspecified atom stereocenters. The van der Waals surface area contributed by atoms with E-state index >= 15 is 0 Å². The molecule has 1 rings (SSSR count). The number of allylic oxidation sites excluding steroid dienone is 4. The minimum absolute atomic E-state index is 0.537. The molecule has 4 heteroatoms. The molecule has 0 radical (unpaired) electrons. The van der Waals surface area contributed by atoms with Gasteiger partial charge in [0.1, 0.15) is 0 Å². The van der Waals surface area contributed by atoms with Gasteiger partial charge in [-0.3, -0.25) is 0 Å². The zero-order valence-electron chi connectivity index (χ0n) is 8.21. The summed E-state index contributed by atoms with van der Waals surface area (Å²) in [4.78, 5) is 0. The second-order valence-electron chi connectivity index (χ2n) is 3.59. The summed E-state index contributed by atoms with van der Waals surface area (Å²) in [7, 11) is 0. The van der Waals surface area contributed by atoms with Gasteiger partial charge in [-0.2, -0.15) is 0 Å². The Balaban J connectivity index is 3.18. The van der Waals surface area contributed by atoms with Gasteiger partial charge in [-0.25, -0.2) is 0 Å². The predicted octanol–water partition coefficient (Wildman–Crippen LogP) is 5.09. The molecule has 1 aliphatic rings. The van der Waals surface area contributed by atoms with Crippen LogP contribution in [0.25, 0.3) is 0 Å². The van der Waals surface area contributed by atoms with Gasteiger partial charge in [-0.05, 0) is 38.8 Å². The third-order valence-corrected chi connectivity index (χ3v) is 8.85. The lowest BCUT2D eigenvalue weighted by Crippen LogP contribution is -2.18. The average molecular weight is 439 g/mol. The number of hydrogen-bond acceptors (Lipinski definition) is 0. The Morgan fingerprint density at radius 2 is 1.31 bits per heavy atom. The maximum Gasteiger partial charge on any atom is 0.294 e. The van der Waals surface area contributed by atoms with Crippen molar-refractivity contribution < 1.29 is 0 Å². The Bertz CT molecular complexity index is 275. The van der Waals surface area contributed by atoms with Gasteiger partial charge in [-0.15, -0.1) is 11.1 Å². The first-order valence-electron chi connectivity index (χ1n) is 4.18. The van der Waals surface area contributed by atoms with Crippen LogP contribution in [0.5, 0.6) is 0 Å². The molecule has 0 saturated carbocycles. The normalized spacial score (nSPS) is 20.5. The van der Waals surface area contributed by atoms with E-state index in [1.165, 1.54) is 22.3 Å². The molecule has 0 aromatic heterocycles. The van der Waals surface area contributed by atoms with Crippen LogP contribution in [0.3, 0.4) is 0 Å². The van der Waals surface area contributed by atoms with E-state index in [9.17, 15) is 0 Å². The molecule has 0 atom stereocenters. The zero-order chi connectivity index (χ0) is 10.4. The van der Waals surface area contributed by atoms with Crippen LogP contribution in [-0.4, -0.2) is 2.38 Å². The minimum atomic E-state index is -1.64. The molecule has 13 heavy (non-hydrogen) atoms. The molecule has 1 aliphatic carbocycles. The summed E-state index contributed by atoms with van der Waals surface area (Å²) in [5, 5.41) is 0. The summed E-state index contributed by atoms with van der Waals surface area (Å²) in [5.41, 5.74) is 6.41. The van der Waals surface area contributed by atoms with Crippen LogP contribution in [0.4, 0.5) is 0 Å². The summed E-state index contributed by atoms with van der Waals surface area (Å²) < 4.78 is -1.64. The molecular formula is C9H13ClI2Si. The van der Waals surface area contributed by atoms with Gasteiger partial charge in [0, 0.05) is 5.54 Å². The second-order valence-corrected chi connectivity index (χ2v) is 27.3. The van der Waals surface area contributed by atoms with Crippen LogP contribution < -0.4 is 0 Å². The van der Waals surface area contributed by atoms with Crippen LogP contribution in [0.15, 0.2) is 22.3 Å². The van der Waals surface area contributed by atoms with E-state index in [0.717, 1.165) is 0 Å². The van der Waals surface area contributed by atoms with Crippen molar-refractivity contribution in [3.63, 3.8) is 0 Å². The Morgan fingerprint density at radius 3 is 1.46 bits per heavy atom. The van der Waals surface area contributed by atoms with E-state index in [0.29, 0.717) is 5.54 Å². The summed E-state index contributed by atoms with van der Waals surface area (Å²) in [5.74, 6) is 0. The average Bonchev–Trinajstić information content (AvgIpc) is 2.14. The van der Waals surface area contributed by atoms with Gasteiger partial charge >= 0.3 is 0 Å². The van der Waals surface area contributed by atoms with Crippen LogP contribution in [-0.2, 0) is 0 Å². The molecule has 0 aromatic rings. The first-order chi connectivity index (χ1) is 5.76. The number of halogens is 3. The van der Waals surface area contributed by atoms with Crippen molar-refractivity contribution in [3.8, 4) is 0 Å². The highest BCUT2D eigenvalue weighted by Gasteiger charge is 2.41. The Morgan fingerprint density at radius 1 is 1.00 bits per heavy atom. The van der Waals surface area contributed by atoms with Crippen molar-refractivity contribution in [1.29, 1.82) is 0 Å². The Kier molecular flexibility index (Phi) is 3.98. The Labute approximate surface area is 111 Å². The van der Waals surface area contributed by atoms with Crippen LogP contribution in [0, 0.1) is 0 Å². The van der Waals surface area contributed by atoms with Gasteiger partial charge in [0.15, 0.2) is 0 Å². The summed E-state index contributed by atoms with van der Waals surface area (Å²) in [6.07, 6.45) is 0. The largest absolute Gasteiger partial charge is 0.294 e. The zero-order valence-corrected chi connectivity index (χ0v) is 14.3. The SMILES string of the molecule is CC1=C(C)C([Si](Cl)(I)I)C(C)=C1C. The van der Waals surface area contributed by atoms with Crippen molar-refractivity contribution in [1.82, 2.24) is 0 Å². The summed E-state index contributed by atoms with van der Waals surface area (Å²) in [6, 6.07) is 0. The summed E-state index contributed by atoms with van der Waals surface area (Å²) >= 11 is 11.4. The lowest BCUT2D eigenvalue weighted by molar-refractivity contribution is 1.12. The third kappa shape index (κ3) is 2.34. The predicted molar refractivity (Wildman–Crippen MR) is 80.1 cm³/mol. The van der Waals surface area contributed by atoms with E-state index in [-0.39, 0.29) is 0 Å². The van der Waals surface area contributed by atoms with Gasteiger partial charge in [0.2, 0.25) is 0 Å². The fraction of sp³-hybridized carbons (Fsp3) is 0.556. The molecule has 0 nitrogen and oxygen atoms in total. The fourth-order valence-corrected chi connectivity index (χ4v) is 9.84. The van der Waals surface area contributed by atoms with E-state index in [2.05, 4.69) is 71.3 Å². The molecule has 0 bridgehead atoms. The van der Waals surface area contributed by atoms with Crippen molar-refractivity contribution in [2.45, 2.75) is 33.2 Å². The van der Waals surface area contributed by atoms with Gasteiger partial charge in [0.05, 0.1) is 0 Å². The minimum Gasteiger partial charge on any atom is -0.138 e. The van der Waals surface area contributed by atoms with Gasteiger partial charge < -0.3 is 0 Å². The van der Waals surface area contributed by atoms with Gasteiger partial charge in [0.25, 0.3) is 2.38 Å². The molecule has 0 aliphatic heterocycles. The number of rotatable bonds is 1. The topological polar surface area (TPSA) is 0 Å². The van der Waals surface area contributed by atoms with E-state index in [4.69, 9.17) is 11.1 Å². The quantitative estimate of drug-likeness (QED) is 0.304. The smallest absolute Gasteiger partial charge is 0.138 e. The molecule has 0 saturated heterocycles. The first kappa shape index (κ1) is 12.5. The van der Waals surface area contributed by atoms with Crippen molar-refractivity contribution in [2.75, 3.05) is 0 Å². The highest BCUT2D eigenvalue weighted by Crippen LogP contribution is 2.53. The van der Waals surface area contributed by atoms with Crippen molar-refractivity contribution in [2.24, 2.45) is 0 Å². The number of hydrogen-bond donors (Lipinski definition) is 0. The molecule has 74 valence electrons. The van der Waals surface area contributed by atoms with E-state index < -0.39 is 2.38 Å². The highest BCUT2D eigenvalue weighted by atomic mass is 127. The van der Waals surface area contributed by atoms with Crippen molar-refractivity contribution in [3.05, 3.63) is 22.3 Å². The lowest BCUT2D eigenvalue weighted by atomic mass is 10.1. The second kappa shape index (κ2) is 4.13. The maximum atomic E-state index is 6.50. The molecular weight excluding hydrogens is 425 g/mol. The third-order valence-electron chi connectivity index (χ3n) is 2.94. The first-order valence-corrected chi connectivity index (χ1v) is 13.5. The monoisotopic (exact) mass is 438 g/mol. The molecule has 0 fully saturated rings. The molecule has 0 spiro atoms. The molecule has 0 aromatic carbocycles. The van der Waals surface area contributed by atoms with Crippen molar-refractivity contribution >= 4 is 57.1 Å². The molecule has 0 amide bonds. The van der Waals surface area contributed by atoms with Gasteiger partial charge in [-0.1, -0.05) is 54.7 Å². The van der Waals surface area contributed by atoms with E-state index in [1.807, 2.05) is 0 Å².